The van der Waals surface area contributed by atoms with Crippen LogP contribution in [0, 0.1) is 5.82 Å². The minimum Gasteiger partial charge on any atom is -0.397 e. The standard InChI is InChI=1S/C18H16FN3OS/c19-12-5-3-11(4-6-12)14-8-7-13-15(20)16(24-17(13)21-14)18(23)22-9-1-2-10-22/h3-8H,1-2,9-10,20H2. The van der Waals surface area contributed by atoms with Crippen molar-refractivity contribution in [3.63, 3.8) is 0 Å². The molecule has 1 aliphatic heterocycles. The van der Waals surface area contributed by atoms with E-state index >= 15 is 0 Å². The summed E-state index contributed by atoms with van der Waals surface area (Å²) in [7, 11) is 0. The lowest BCUT2D eigenvalue weighted by Crippen LogP contribution is -2.27. The molecule has 1 amide bonds. The molecule has 0 unspecified atom stereocenters. The first-order chi connectivity index (χ1) is 11.6. The molecule has 3 heterocycles. The Hall–Kier alpha value is -2.47. The number of likely N-dealkylation sites (tertiary alicyclic amines) is 1. The number of amides is 1. The summed E-state index contributed by atoms with van der Waals surface area (Å²) in [6.07, 6.45) is 2.09. The fraction of sp³-hybridized carbons (Fsp3) is 0.222. The summed E-state index contributed by atoms with van der Waals surface area (Å²) >= 11 is 1.33. The highest BCUT2D eigenvalue weighted by molar-refractivity contribution is 7.21. The second-order valence-corrected chi connectivity index (χ2v) is 6.90. The number of nitrogen functional groups attached to an aromatic ring is 1. The van der Waals surface area contributed by atoms with E-state index in [0.29, 0.717) is 10.6 Å². The van der Waals surface area contributed by atoms with Gasteiger partial charge in [0.2, 0.25) is 0 Å². The van der Waals surface area contributed by atoms with Crippen molar-refractivity contribution in [3.8, 4) is 11.3 Å². The second kappa shape index (κ2) is 5.87. The van der Waals surface area contributed by atoms with Crippen LogP contribution in [0.5, 0.6) is 0 Å². The molecular weight excluding hydrogens is 325 g/mol. The molecule has 2 aromatic heterocycles. The highest BCUT2D eigenvalue weighted by atomic mass is 32.1. The molecule has 1 fully saturated rings. The number of thiophene rings is 1. The van der Waals surface area contributed by atoms with Gasteiger partial charge < -0.3 is 10.6 Å². The van der Waals surface area contributed by atoms with Crippen LogP contribution >= 0.6 is 11.3 Å². The van der Waals surface area contributed by atoms with Crippen LogP contribution in [-0.2, 0) is 0 Å². The monoisotopic (exact) mass is 341 g/mol. The first-order valence-electron chi connectivity index (χ1n) is 7.88. The zero-order valence-corrected chi connectivity index (χ0v) is 13.8. The molecule has 24 heavy (non-hydrogen) atoms. The summed E-state index contributed by atoms with van der Waals surface area (Å²) in [6.45, 7) is 1.58. The van der Waals surface area contributed by atoms with Gasteiger partial charge in [-0.1, -0.05) is 0 Å². The first-order valence-corrected chi connectivity index (χ1v) is 8.69. The highest BCUT2D eigenvalue weighted by Gasteiger charge is 2.24. The van der Waals surface area contributed by atoms with Gasteiger partial charge >= 0.3 is 0 Å². The van der Waals surface area contributed by atoms with Gasteiger partial charge in [-0.2, -0.15) is 0 Å². The number of pyridine rings is 1. The minimum atomic E-state index is -0.279. The molecule has 0 atom stereocenters. The highest BCUT2D eigenvalue weighted by Crippen LogP contribution is 2.35. The van der Waals surface area contributed by atoms with Gasteiger partial charge in [0.15, 0.2) is 0 Å². The Labute approximate surface area is 142 Å². The number of anilines is 1. The van der Waals surface area contributed by atoms with Crippen LogP contribution in [0.2, 0.25) is 0 Å². The molecule has 0 aliphatic carbocycles. The molecule has 1 saturated heterocycles. The Bertz CT molecular complexity index is 914. The second-order valence-electron chi connectivity index (χ2n) is 5.90. The van der Waals surface area contributed by atoms with Gasteiger partial charge in [-0.3, -0.25) is 4.79 Å². The SMILES string of the molecule is Nc1c(C(=O)N2CCCC2)sc2nc(-c3ccc(F)cc3)ccc12. The van der Waals surface area contributed by atoms with E-state index in [1.165, 1.54) is 23.5 Å². The van der Waals surface area contributed by atoms with E-state index in [1.807, 2.05) is 17.0 Å². The van der Waals surface area contributed by atoms with E-state index in [4.69, 9.17) is 5.73 Å². The van der Waals surface area contributed by atoms with E-state index < -0.39 is 0 Å². The molecule has 1 aromatic carbocycles. The fourth-order valence-electron chi connectivity index (χ4n) is 3.00. The van der Waals surface area contributed by atoms with Crippen molar-refractivity contribution < 1.29 is 9.18 Å². The fourth-order valence-corrected chi connectivity index (χ4v) is 4.06. The average molecular weight is 341 g/mol. The molecule has 1 aliphatic rings. The largest absolute Gasteiger partial charge is 0.397 e. The molecule has 3 aromatic rings. The maximum Gasteiger partial charge on any atom is 0.266 e. The summed E-state index contributed by atoms with van der Waals surface area (Å²) < 4.78 is 13.1. The van der Waals surface area contributed by atoms with Crippen molar-refractivity contribution in [2.75, 3.05) is 18.8 Å². The third kappa shape index (κ3) is 2.53. The van der Waals surface area contributed by atoms with E-state index in [0.717, 1.165) is 47.4 Å². The van der Waals surface area contributed by atoms with Crippen molar-refractivity contribution in [1.82, 2.24) is 9.88 Å². The molecule has 122 valence electrons. The summed E-state index contributed by atoms with van der Waals surface area (Å²) in [5, 5.41) is 0.799. The Kier molecular flexibility index (Phi) is 3.69. The number of aromatic nitrogens is 1. The van der Waals surface area contributed by atoms with Gasteiger partial charge in [-0.15, -0.1) is 11.3 Å². The smallest absolute Gasteiger partial charge is 0.266 e. The van der Waals surface area contributed by atoms with Crippen molar-refractivity contribution in [1.29, 1.82) is 0 Å². The third-order valence-electron chi connectivity index (χ3n) is 4.32. The Morgan fingerprint density at radius 3 is 2.54 bits per heavy atom. The van der Waals surface area contributed by atoms with Gasteiger partial charge in [-0.25, -0.2) is 9.37 Å². The number of carbonyl (C=O) groups excluding carboxylic acids is 1. The Morgan fingerprint density at radius 2 is 1.83 bits per heavy atom. The summed E-state index contributed by atoms with van der Waals surface area (Å²) in [5.74, 6) is -0.282. The van der Waals surface area contributed by atoms with E-state index in [9.17, 15) is 9.18 Å². The minimum absolute atomic E-state index is 0.00340. The molecule has 0 saturated carbocycles. The van der Waals surface area contributed by atoms with Crippen molar-refractivity contribution in [3.05, 3.63) is 47.1 Å². The van der Waals surface area contributed by atoms with Crippen LogP contribution in [0.3, 0.4) is 0 Å². The van der Waals surface area contributed by atoms with Crippen molar-refractivity contribution in [2.45, 2.75) is 12.8 Å². The van der Waals surface area contributed by atoms with Gasteiger partial charge in [0.25, 0.3) is 5.91 Å². The third-order valence-corrected chi connectivity index (χ3v) is 5.42. The number of nitrogens with two attached hydrogens (primary N) is 1. The first kappa shape index (κ1) is 15.1. The van der Waals surface area contributed by atoms with Gasteiger partial charge in [-0.05, 0) is 49.2 Å². The lowest BCUT2D eigenvalue weighted by atomic mass is 10.1. The van der Waals surface area contributed by atoms with E-state index in [2.05, 4.69) is 4.98 Å². The van der Waals surface area contributed by atoms with Crippen LogP contribution in [0.1, 0.15) is 22.5 Å². The van der Waals surface area contributed by atoms with Gasteiger partial charge in [0.05, 0.1) is 11.4 Å². The summed E-state index contributed by atoms with van der Waals surface area (Å²) in [4.78, 5) is 20.4. The molecule has 4 rings (SSSR count). The molecule has 4 nitrogen and oxygen atoms in total. The maximum absolute atomic E-state index is 13.1. The Morgan fingerprint density at radius 1 is 1.12 bits per heavy atom. The molecule has 0 spiro atoms. The number of halogens is 1. The summed E-state index contributed by atoms with van der Waals surface area (Å²) in [6, 6.07) is 9.93. The lowest BCUT2D eigenvalue weighted by molar-refractivity contribution is 0.0798. The molecule has 0 bridgehead atoms. The lowest BCUT2D eigenvalue weighted by Gasteiger charge is -2.13. The predicted octanol–water partition coefficient (Wildman–Crippen LogP) is 3.92. The van der Waals surface area contributed by atoms with E-state index in [1.54, 1.807) is 12.1 Å². The van der Waals surface area contributed by atoms with Gasteiger partial charge in [0.1, 0.15) is 15.5 Å². The maximum atomic E-state index is 13.1. The summed E-state index contributed by atoms with van der Waals surface area (Å²) in [5.41, 5.74) is 8.27. The normalized spacial score (nSPS) is 14.5. The molecule has 2 N–H and O–H groups in total. The molecular formula is C18H16FN3OS. The Balaban J connectivity index is 1.75. The van der Waals surface area contributed by atoms with Crippen LogP contribution in [0.4, 0.5) is 10.1 Å². The van der Waals surface area contributed by atoms with Crippen LogP contribution in [-0.4, -0.2) is 28.9 Å². The zero-order chi connectivity index (χ0) is 16.7. The number of hydrogen-bond acceptors (Lipinski definition) is 4. The number of hydrogen-bond donors (Lipinski definition) is 1. The molecule has 6 heteroatoms. The number of carbonyl (C=O) groups is 1. The topological polar surface area (TPSA) is 59.2 Å². The number of nitrogens with zero attached hydrogens (tertiary/aromatic N) is 2. The van der Waals surface area contributed by atoms with Crippen LogP contribution < -0.4 is 5.73 Å². The van der Waals surface area contributed by atoms with E-state index in [-0.39, 0.29) is 11.7 Å². The number of benzene rings is 1. The van der Waals surface area contributed by atoms with Crippen LogP contribution in [0.25, 0.3) is 21.5 Å². The molecule has 0 radical (unpaired) electrons. The zero-order valence-electron chi connectivity index (χ0n) is 13.0. The number of fused-ring (bicyclic) bond motifs is 1. The predicted molar refractivity (Wildman–Crippen MR) is 94.6 cm³/mol. The quantitative estimate of drug-likeness (QED) is 0.768. The average Bonchev–Trinajstić information content (AvgIpc) is 3.23. The number of rotatable bonds is 2. The van der Waals surface area contributed by atoms with Gasteiger partial charge in [0, 0.05) is 24.0 Å². The van der Waals surface area contributed by atoms with Crippen molar-refractivity contribution in [2.24, 2.45) is 0 Å². The van der Waals surface area contributed by atoms with Crippen LogP contribution in [0.15, 0.2) is 36.4 Å². The van der Waals surface area contributed by atoms with Crippen molar-refractivity contribution >= 4 is 33.1 Å².